The van der Waals surface area contributed by atoms with Gasteiger partial charge in [-0.15, -0.1) is 15.1 Å². The first-order chi connectivity index (χ1) is 2.27. The molecule has 0 saturated carbocycles. The maximum absolute atomic E-state index is 8.70. The molecule has 6 heteroatoms. The van der Waals surface area contributed by atoms with Gasteiger partial charge in [0, 0.05) is 0 Å². The van der Waals surface area contributed by atoms with E-state index in [1.807, 2.05) is 0 Å². The minimum absolute atomic E-state index is 0. The van der Waals surface area contributed by atoms with Crippen LogP contribution < -0.4 is 0 Å². The van der Waals surface area contributed by atoms with E-state index in [-0.39, 0.29) is 51.4 Å². The van der Waals surface area contributed by atoms with E-state index in [0.29, 0.717) is 0 Å². The first-order valence-corrected chi connectivity index (χ1v) is 0.730. The Morgan fingerprint density at radius 1 is 1.83 bits per heavy atom. The van der Waals surface area contributed by atoms with Crippen molar-refractivity contribution in [1.29, 1.82) is 0 Å². The van der Waals surface area contributed by atoms with E-state index < -0.39 is 5.09 Å². The summed E-state index contributed by atoms with van der Waals surface area (Å²) in [4.78, 5) is 11.2. The first kappa shape index (κ1) is 9.93. The van der Waals surface area contributed by atoms with Crippen LogP contribution in [-0.2, 0) is 4.99 Å². The van der Waals surface area contributed by atoms with Crippen LogP contribution in [0, 0.1) is 10.1 Å². The summed E-state index contributed by atoms with van der Waals surface area (Å²) < 4.78 is 0. The molecule has 0 spiro atoms. The summed E-state index contributed by atoms with van der Waals surface area (Å²) in [5.74, 6) is 0. The summed E-state index contributed by atoms with van der Waals surface area (Å²) in [5.41, 5.74) is 0. The fourth-order valence-corrected chi connectivity index (χ4v) is 0. The van der Waals surface area contributed by atoms with Crippen LogP contribution in [0.25, 0.3) is 0 Å². The standard InChI is InChI=1S/K.HNO4.H/c;2-1(3)5-4;/h;4H;. The summed E-state index contributed by atoms with van der Waals surface area (Å²) in [6.45, 7) is 0. The zero-order chi connectivity index (χ0) is 4.28. The molecule has 0 aromatic carbocycles. The molecule has 0 fully saturated rings. The molecule has 0 aromatic heterocycles. The quantitative estimate of drug-likeness (QED) is 0.208. The zero-order valence-corrected chi connectivity index (χ0v) is 2.12. The Hall–Kier alpha value is 0.796. The molecule has 0 radical (unpaired) electrons. The Labute approximate surface area is 75.7 Å². The second kappa shape index (κ2) is 5.80. The third kappa shape index (κ3) is 8.84. The van der Waals surface area contributed by atoms with Gasteiger partial charge < -0.3 is 0 Å². The van der Waals surface area contributed by atoms with Crippen molar-refractivity contribution in [2.75, 3.05) is 0 Å². The predicted octanol–water partition coefficient (Wildman–Crippen LogP) is -0.981. The van der Waals surface area contributed by atoms with Gasteiger partial charge in [-0.1, -0.05) is 0 Å². The number of hydrogen-bond acceptors (Lipinski definition) is 4. The van der Waals surface area contributed by atoms with Crippen LogP contribution in [-0.4, -0.2) is 61.7 Å². The Morgan fingerprint density at radius 3 is 2.00 bits per heavy atom. The Bertz CT molecular complexity index is 42.8. The van der Waals surface area contributed by atoms with Crippen molar-refractivity contribution in [2.24, 2.45) is 0 Å². The third-order valence-electron chi connectivity index (χ3n) is 0.0667. The summed E-state index contributed by atoms with van der Waals surface area (Å²) >= 11 is 0. The summed E-state index contributed by atoms with van der Waals surface area (Å²) in [5, 5.41) is 14.3. The van der Waals surface area contributed by atoms with E-state index in [0.717, 1.165) is 0 Å². The van der Waals surface area contributed by atoms with Crippen LogP contribution in [0.4, 0.5) is 0 Å². The summed E-state index contributed by atoms with van der Waals surface area (Å²) in [6, 6.07) is 0. The normalized spacial score (nSPS) is 5.50. The molecule has 0 aliphatic carbocycles. The second-order valence-corrected chi connectivity index (χ2v) is 0.305. The van der Waals surface area contributed by atoms with Gasteiger partial charge in [0.15, 0.2) is 0 Å². The van der Waals surface area contributed by atoms with Gasteiger partial charge in [-0.3, -0.25) is 0 Å². The minimum atomic E-state index is -1.32. The van der Waals surface area contributed by atoms with Crippen molar-refractivity contribution in [3.63, 3.8) is 0 Å². The van der Waals surface area contributed by atoms with E-state index >= 15 is 0 Å². The van der Waals surface area contributed by atoms with Crippen molar-refractivity contribution in [2.45, 2.75) is 0 Å². The molecule has 0 amide bonds. The average molecular weight is 119 g/mol. The van der Waals surface area contributed by atoms with E-state index in [4.69, 9.17) is 15.4 Å². The maximum atomic E-state index is 8.70. The fourth-order valence-electron chi connectivity index (χ4n) is 0. The molecule has 0 atom stereocenters. The van der Waals surface area contributed by atoms with Crippen LogP contribution >= 0.6 is 0 Å². The molecular formula is H2KNO4. The molecule has 0 aromatic rings. The first-order valence-electron chi connectivity index (χ1n) is 0.730. The fraction of sp³-hybridized carbons (Fsp3) is 0. The van der Waals surface area contributed by atoms with Gasteiger partial charge in [-0.05, 0) is 0 Å². The van der Waals surface area contributed by atoms with Gasteiger partial charge in [0.05, 0.1) is 0 Å². The topological polar surface area (TPSA) is 72.6 Å². The van der Waals surface area contributed by atoms with Crippen molar-refractivity contribution >= 4 is 51.4 Å². The van der Waals surface area contributed by atoms with Crippen LogP contribution in [0.5, 0.6) is 0 Å². The van der Waals surface area contributed by atoms with Crippen molar-refractivity contribution < 1.29 is 15.3 Å². The van der Waals surface area contributed by atoms with Gasteiger partial charge in [-0.25, -0.2) is 5.26 Å². The molecule has 6 heavy (non-hydrogen) atoms. The second-order valence-electron chi connectivity index (χ2n) is 0.305. The predicted molar refractivity (Wildman–Crippen MR) is 17.9 cm³/mol. The van der Waals surface area contributed by atoms with E-state index in [1.165, 1.54) is 0 Å². The summed E-state index contributed by atoms with van der Waals surface area (Å²) in [7, 11) is 0. The third-order valence-corrected chi connectivity index (χ3v) is 0.0667. The molecular weight excluding hydrogens is 117 g/mol. The Morgan fingerprint density at radius 2 is 2.00 bits per heavy atom. The van der Waals surface area contributed by atoms with E-state index in [9.17, 15) is 0 Å². The molecule has 0 aliphatic rings. The van der Waals surface area contributed by atoms with Crippen LogP contribution in [0.2, 0.25) is 0 Å². The van der Waals surface area contributed by atoms with Crippen LogP contribution in [0.1, 0.15) is 0 Å². The van der Waals surface area contributed by atoms with Crippen molar-refractivity contribution in [1.82, 2.24) is 0 Å². The van der Waals surface area contributed by atoms with Crippen LogP contribution in [0.15, 0.2) is 0 Å². The van der Waals surface area contributed by atoms with Gasteiger partial charge >= 0.3 is 56.5 Å². The number of hydrogen-bond donors (Lipinski definition) is 1. The molecule has 32 valence electrons. The van der Waals surface area contributed by atoms with E-state index in [1.54, 1.807) is 0 Å². The summed E-state index contributed by atoms with van der Waals surface area (Å²) in [6.07, 6.45) is 0. The molecule has 0 saturated heterocycles. The van der Waals surface area contributed by atoms with Gasteiger partial charge in [-0.2, -0.15) is 0 Å². The molecule has 5 nitrogen and oxygen atoms in total. The monoisotopic (exact) mass is 119 g/mol. The molecule has 1 N–H and O–H groups in total. The average Bonchev–Trinajstić information content (AvgIpc) is 1.38. The number of rotatable bonds is 1. The van der Waals surface area contributed by atoms with Gasteiger partial charge in [0.2, 0.25) is 0 Å². The molecule has 0 aliphatic heterocycles. The molecule has 0 bridgehead atoms. The molecule has 0 unspecified atom stereocenters. The van der Waals surface area contributed by atoms with Gasteiger partial charge in [0.25, 0.3) is 0 Å². The van der Waals surface area contributed by atoms with Crippen LogP contribution in [0.3, 0.4) is 0 Å². The Balaban J connectivity index is 0. The number of nitrogens with zero attached hydrogens (tertiary/aromatic N) is 1. The Kier molecular flexibility index (Phi) is 9.59. The van der Waals surface area contributed by atoms with E-state index in [2.05, 4.69) is 4.99 Å². The van der Waals surface area contributed by atoms with Crippen molar-refractivity contribution in [3.8, 4) is 0 Å². The van der Waals surface area contributed by atoms with Crippen molar-refractivity contribution in [3.05, 3.63) is 10.1 Å². The zero-order valence-electron chi connectivity index (χ0n) is 2.12. The molecule has 0 rings (SSSR count). The van der Waals surface area contributed by atoms with Gasteiger partial charge in [0.1, 0.15) is 0 Å². The molecule has 0 heterocycles. The SMILES string of the molecule is O=[N+]([O-])OO.[KH].